The Balaban J connectivity index is 0.000000963. The van der Waals surface area contributed by atoms with E-state index in [9.17, 15) is 0 Å². The molecule has 0 spiro atoms. The van der Waals surface area contributed by atoms with Gasteiger partial charge in [0.25, 0.3) is 0 Å². The number of hydrogen-bond acceptors (Lipinski definition) is 2. The lowest BCUT2D eigenvalue weighted by Crippen LogP contribution is -2.13. The van der Waals surface area contributed by atoms with Gasteiger partial charge in [-0.15, -0.1) is 12.4 Å². The van der Waals surface area contributed by atoms with Crippen LogP contribution in [-0.2, 0) is 6.42 Å². The molecule has 2 aromatic rings. The van der Waals surface area contributed by atoms with Gasteiger partial charge in [-0.2, -0.15) is 0 Å². The Morgan fingerprint density at radius 2 is 1.94 bits per heavy atom. The molecule has 3 rings (SSSR count). The molecule has 82 valence electrons. The van der Waals surface area contributed by atoms with Gasteiger partial charge in [-0.25, -0.2) is 0 Å². The average Bonchev–Trinajstić information content (AvgIpc) is 2.82. The standard InChI is InChI=1S/C13H11NO.ClH/c1-2-5-11-10(4-1)7-8-14-13(11)12-6-3-9-15-12;/h1-6,9H,7-8H2;1H. The maximum atomic E-state index is 5.40. The van der Waals surface area contributed by atoms with Gasteiger partial charge in [0, 0.05) is 12.1 Å². The fourth-order valence-electron chi connectivity index (χ4n) is 1.97. The number of halogens is 1. The van der Waals surface area contributed by atoms with Gasteiger partial charge < -0.3 is 4.42 Å². The van der Waals surface area contributed by atoms with Gasteiger partial charge in [0.15, 0.2) is 5.76 Å². The molecule has 0 unspecified atom stereocenters. The first-order valence-corrected chi connectivity index (χ1v) is 5.12. The molecule has 0 fully saturated rings. The van der Waals surface area contributed by atoms with Gasteiger partial charge in [-0.1, -0.05) is 24.3 Å². The van der Waals surface area contributed by atoms with Crippen molar-refractivity contribution in [2.45, 2.75) is 6.42 Å². The van der Waals surface area contributed by atoms with Gasteiger partial charge in [-0.05, 0) is 24.1 Å². The number of aliphatic imine (C=N–C) groups is 1. The number of rotatable bonds is 1. The Bertz CT molecular complexity index is 502. The van der Waals surface area contributed by atoms with E-state index in [4.69, 9.17) is 4.42 Å². The molecule has 1 aromatic heterocycles. The van der Waals surface area contributed by atoms with Crippen molar-refractivity contribution in [3.63, 3.8) is 0 Å². The molecule has 0 saturated carbocycles. The summed E-state index contributed by atoms with van der Waals surface area (Å²) in [5, 5.41) is 0. The second-order valence-corrected chi connectivity index (χ2v) is 3.61. The van der Waals surface area contributed by atoms with Gasteiger partial charge in [0.05, 0.1) is 6.26 Å². The van der Waals surface area contributed by atoms with Gasteiger partial charge in [0.2, 0.25) is 0 Å². The van der Waals surface area contributed by atoms with Crippen LogP contribution in [0.25, 0.3) is 0 Å². The zero-order valence-electron chi connectivity index (χ0n) is 8.72. The second kappa shape index (κ2) is 4.54. The predicted octanol–water partition coefficient (Wildman–Crippen LogP) is 3.09. The summed E-state index contributed by atoms with van der Waals surface area (Å²) in [5.41, 5.74) is 3.56. The fourth-order valence-corrected chi connectivity index (χ4v) is 1.97. The van der Waals surface area contributed by atoms with Crippen LogP contribution in [0.4, 0.5) is 0 Å². The topological polar surface area (TPSA) is 25.5 Å². The number of nitrogens with zero attached hydrogens (tertiary/aromatic N) is 1. The molecule has 2 nitrogen and oxygen atoms in total. The summed E-state index contributed by atoms with van der Waals surface area (Å²) in [6, 6.07) is 12.2. The molecule has 0 amide bonds. The molecule has 3 heteroatoms. The first-order chi connectivity index (χ1) is 7.45. The Labute approximate surface area is 100 Å². The Hall–Kier alpha value is -1.54. The summed E-state index contributed by atoms with van der Waals surface area (Å²) < 4.78 is 5.40. The van der Waals surface area contributed by atoms with Crippen molar-refractivity contribution in [2.75, 3.05) is 6.54 Å². The summed E-state index contributed by atoms with van der Waals surface area (Å²) >= 11 is 0. The molecular weight excluding hydrogens is 222 g/mol. The highest BCUT2D eigenvalue weighted by Gasteiger charge is 2.16. The van der Waals surface area contributed by atoms with Crippen LogP contribution in [-0.4, -0.2) is 12.3 Å². The van der Waals surface area contributed by atoms with Crippen molar-refractivity contribution >= 4 is 18.1 Å². The highest BCUT2D eigenvalue weighted by molar-refractivity contribution is 6.12. The van der Waals surface area contributed by atoms with E-state index >= 15 is 0 Å². The van der Waals surface area contributed by atoms with E-state index in [1.807, 2.05) is 18.2 Å². The normalized spacial score (nSPS) is 13.6. The van der Waals surface area contributed by atoms with E-state index in [0.717, 1.165) is 24.4 Å². The van der Waals surface area contributed by atoms with Crippen molar-refractivity contribution in [2.24, 2.45) is 4.99 Å². The molecule has 0 saturated heterocycles. The summed E-state index contributed by atoms with van der Waals surface area (Å²) in [7, 11) is 0. The van der Waals surface area contributed by atoms with Crippen molar-refractivity contribution in [3.8, 4) is 0 Å². The lowest BCUT2D eigenvalue weighted by molar-refractivity contribution is 0.557. The number of benzene rings is 1. The van der Waals surface area contributed by atoms with E-state index in [-0.39, 0.29) is 12.4 Å². The molecule has 0 N–H and O–H groups in total. The minimum atomic E-state index is 0. The molecule has 0 atom stereocenters. The first kappa shape index (κ1) is 11.0. The van der Waals surface area contributed by atoms with Crippen LogP contribution < -0.4 is 0 Å². The Morgan fingerprint density at radius 3 is 2.75 bits per heavy atom. The number of hydrogen-bond donors (Lipinski definition) is 0. The minimum Gasteiger partial charge on any atom is -0.463 e. The number of fused-ring (bicyclic) bond motifs is 1. The predicted molar refractivity (Wildman–Crippen MR) is 66.6 cm³/mol. The summed E-state index contributed by atoms with van der Waals surface area (Å²) in [6.07, 6.45) is 2.72. The highest BCUT2D eigenvalue weighted by atomic mass is 35.5. The summed E-state index contributed by atoms with van der Waals surface area (Å²) in [5.74, 6) is 0.863. The lowest BCUT2D eigenvalue weighted by Gasteiger charge is -2.14. The van der Waals surface area contributed by atoms with Crippen molar-refractivity contribution in [1.82, 2.24) is 0 Å². The smallest absolute Gasteiger partial charge is 0.152 e. The number of furan rings is 1. The van der Waals surface area contributed by atoms with Crippen molar-refractivity contribution in [3.05, 3.63) is 59.5 Å². The van der Waals surface area contributed by atoms with Crippen LogP contribution in [0.3, 0.4) is 0 Å². The van der Waals surface area contributed by atoms with Crippen LogP contribution in [0.15, 0.2) is 52.1 Å². The Kier molecular flexibility index (Phi) is 3.11. The van der Waals surface area contributed by atoms with Crippen LogP contribution in [0, 0.1) is 0 Å². The third-order valence-electron chi connectivity index (χ3n) is 2.68. The molecule has 1 aliphatic heterocycles. The third-order valence-corrected chi connectivity index (χ3v) is 2.68. The van der Waals surface area contributed by atoms with E-state index in [1.54, 1.807) is 6.26 Å². The van der Waals surface area contributed by atoms with Gasteiger partial charge in [0.1, 0.15) is 5.71 Å². The quantitative estimate of drug-likeness (QED) is 0.743. The Morgan fingerprint density at radius 1 is 1.06 bits per heavy atom. The molecule has 0 bridgehead atoms. The second-order valence-electron chi connectivity index (χ2n) is 3.61. The van der Waals surface area contributed by atoms with E-state index < -0.39 is 0 Å². The van der Waals surface area contributed by atoms with E-state index in [1.165, 1.54) is 11.1 Å². The van der Waals surface area contributed by atoms with Gasteiger partial charge in [-0.3, -0.25) is 4.99 Å². The largest absolute Gasteiger partial charge is 0.463 e. The highest BCUT2D eigenvalue weighted by Crippen LogP contribution is 2.20. The molecule has 0 radical (unpaired) electrons. The van der Waals surface area contributed by atoms with Crippen LogP contribution >= 0.6 is 12.4 Å². The maximum Gasteiger partial charge on any atom is 0.152 e. The summed E-state index contributed by atoms with van der Waals surface area (Å²) in [4.78, 5) is 4.54. The summed E-state index contributed by atoms with van der Waals surface area (Å²) in [6.45, 7) is 0.854. The van der Waals surface area contributed by atoms with Crippen LogP contribution in [0.2, 0.25) is 0 Å². The fraction of sp³-hybridized carbons (Fsp3) is 0.154. The first-order valence-electron chi connectivity index (χ1n) is 5.12. The van der Waals surface area contributed by atoms with Crippen LogP contribution in [0.5, 0.6) is 0 Å². The molecule has 0 aliphatic carbocycles. The third kappa shape index (κ3) is 1.76. The van der Waals surface area contributed by atoms with E-state index in [0.29, 0.717) is 0 Å². The SMILES string of the molecule is Cl.c1coc(C2=NCCc3ccccc32)c1. The maximum absolute atomic E-state index is 5.40. The zero-order valence-corrected chi connectivity index (χ0v) is 9.54. The zero-order chi connectivity index (χ0) is 10.1. The average molecular weight is 234 g/mol. The minimum absolute atomic E-state index is 0. The van der Waals surface area contributed by atoms with Crippen molar-refractivity contribution < 1.29 is 4.42 Å². The molecular formula is C13H12ClNO. The molecule has 16 heavy (non-hydrogen) atoms. The monoisotopic (exact) mass is 233 g/mol. The molecule has 2 heterocycles. The van der Waals surface area contributed by atoms with E-state index in [2.05, 4.69) is 23.2 Å². The lowest BCUT2D eigenvalue weighted by atomic mass is 9.96. The molecule has 1 aliphatic rings. The molecule has 1 aromatic carbocycles. The van der Waals surface area contributed by atoms with Crippen LogP contribution in [0.1, 0.15) is 16.9 Å². The van der Waals surface area contributed by atoms with Crippen molar-refractivity contribution in [1.29, 1.82) is 0 Å². The van der Waals surface area contributed by atoms with Gasteiger partial charge >= 0.3 is 0 Å².